The van der Waals surface area contributed by atoms with Gasteiger partial charge in [-0.15, -0.1) is 0 Å². The Morgan fingerprint density at radius 1 is 0.886 bits per heavy atom. The molecule has 0 spiro atoms. The zero-order valence-electron chi connectivity index (χ0n) is 19.9. The molecule has 2 aromatic carbocycles. The molecule has 3 fully saturated rings. The number of benzene rings is 2. The molecule has 35 heavy (non-hydrogen) atoms. The number of fused-ring (bicyclic) bond motifs is 1. The molecule has 1 N–H and O–H groups in total. The van der Waals surface area contributed by atoms with Gasteiger partial charge in [0.05, 0.1) is 25.3 Å². The number of phenols is 1. The molecule has 0 bridgehead atoms. The van der Waals surface area contributed by atoms with Gasteiger partial charge in [0, 0.05) is 51.2 Å². The Balaban J connectivity index is 1.21. The van der Waals surface area contributed by atoms with Crippen LogP contribution in [0.4, 0.5) is 0 Å². The van der Waals surface area contributed by atoms with E-state index < -0.39 is 6.04 Å². The molecule has 9 nitrogen and oxygen atoms in total. The topological polar surface area (TPSA) is 93.6 Å². The maximum Gasteiger partial charge on any atom is 0.258 e. The van der Waals surface area contributed by atoms with Crippen LogP contribution in [0.3, 0.4) is 0 Å². The third-order valence-electron chi connectivity index (χ3n) is 7.34. The van der Waals surface area contributed by atoms with Gasteiger partial charge < -0.3 is 24.5 Å². The molecule has 3 saturated heterocycles. The largest absolute Gasteiger partial charge is 0.506 e. The lowest BCUT2D eigenvalue weighted by atomic mass is 10.0. The summed E-state index contributed by atoms with van der Waals surface area (Å²) in [5, 5.41) is 12.2. The minimum atomic E-state index is -0.538. The number of aromatic hydroxyl groups is 1. The molecule has 0 unspecified atom stereocenters. The first-order valence-electron chi connectivity index (χ1n) is 12.4. The van der Waals surface area contributed by atoms with Crippen LogP contribution in [0.5, 0.6) is 5.75 Å². The highest BCUT2D eigenvalue weighted by Crippen LogP contribution is 2.31. The van der Waals surface area contributed by atoms with Gasteiger partial charge in [0.2, 0.25) is 11.8 Å². The highest BCUT2D eigenvalue weighted by Gasteiger charge is 2.38. The van der Waals surface area contributed by atoms with E-state index in [1.54, 1.807) is 21.9 Å². The van der Waals surface area contributed by atoms with E-state index in [1.165, 1.54) is 0 Å². The van der Waals surface area contributed by atoms with E-state index in [9.17, 15) is 19.5 Å². The quantitative estimate of drug-likeness (QED) is 0.706. The number of carbonyl (C=O) groups excluding carboxylic acids is 3. The molecule has 3 amide bonds. The average Bonchev–Trinajstić information content (AvgIpc) is 3.39. The number of carbonyl (C=O) groups is 3. The number of hydrogen-bond donors (Lipinski definition) is 1. The second-order valence-electron chi connectivity index (χ2n) is 9.43. The number of ether oxygens (including phenoxy) is 1. The number of nitrogens with zero attached hydrogens (tertiary/aromatic N) is 4. The minimum Gasteiger partial charge on any atom is -0.506 e. The Morgan fingerprint density at radius 2 is 1.60 bits per heavy atom. The van der Waals surface area contributed by atoms with Crippen molar-refractivity contribution < 1.29 is 24.2 Å². The van der Waals surface area contributed by atoms with E-state index in [0.29, 0.717) is 64.3 Å². The van der Waals surface area contributed by atoms with Crippen LogP contribution in [0.25, 0.3) is 10.8 Å². The van der Waals surface area contributed by atoms with Crippen molar-refractivity contribution in [3.8, 4) is 5.75 Å². The summed E-state index contributed by atoms with van der Waals surface area (Å²) in [5.74, 6) is -0.345. The van der Waals surface area contributed by atoms with Gasteiger partial charge >= 0.3 is 0 Å². The molecular formula is C26H32N4O5. The molecule has 3 aliphatic rings. The highest BCUT2D eigenvalue weighted by molar-refractivity contribution is 6.05. The molecule has 0 radical (unpaired) electrons. The molecule has 3 heterocycles. The molecule has 9 heteroatoms. The predicted molar refractivity (Wildman–Crippen MR) is 130 cm³/mol. The molecule has 0 saturated carbocycles. The van der Waals surface area contributed by atoms with Crippen LogP contribution in [-0.4, -0.2) is 114 Å². The monoisotopic (exact) mass is 480 g/mol. The van der Waals surface area contributed by atoms with Crippen LogP contribution >= 0.6 is 0 Å². The summed E-state index contributed by atoms with van der Waals surface area (Å²) < 4.78 is 5.34. The standard InChI is InChI=1S/C26H32N4O5/c31-23(18-27-14-16-35-17-15-27)28-10-12-29(13-11-28)26(34)22-6-3-9-30(22)25(33)21-8-7-19-4-1-2-5-20(19)24(21)32/h1-2,4-5,7-8,22,32H,3,6,9-18H2/t22-/m0/s1. The second-order valence-corrected chi connectivity index (χ2v) is 9.43. The summed E-state index contributed by atoms with van der Waals surface area (Å²) >= 11 is 0. The Morgan fingerprint density at radius 3 is 2.37 bits per heavy atom. The summed E-state index contributed by atoms with van der Waals surface area (Å²) in [5.41, 5.74) is 0.224. The first kappa shape index (κ1) is 23.6. The van der Waals surface area contributed by atoms with Crippen molar-refractivity contribution >= 4 is 28.5 Å². The van der Waals surface area contributed by atoms with Crippen LogP contribution in [0.2, 0.25) is 0 Å². The highest BCUT2D eigenvalue weighted by atomic mass is 16.5. The van der Waals surface area contributed by atoms with Crippen molar-refractivity contribution in [3.63, 3.8) is 0 Å². The van der Waals surface area contributed by atoms with Gasteiger partial charge in [-0.3, -0.25) is 19.3 Å². The third kappa shape index (κ3) is 4.83. The van der Waals surface area contributed by atoms with Gasteiger partial charge in [-0.25, -0.2) is 0 Å². The van der Waals surface area contributed by atoms with Crippen LogP contribution < -0.4 is 0 Å². The Labute approximate surface area is 204 Å². The van der Waals surface area contributed by atoms with Crippen molar-refractivity contribution in [1.29, 1.82) is 0 Å². The molecular weight excluding hydrogens is 448 g/mol. The smallest absolute Gasteiger partial charge is 0.258 e. The lowest BCUT2D eigenvalue weighted by molar-refractivity contribution is -0.142. The van der Waals surface area contributed by atoms with Gasteiger partial charge in [-0.1, -0.05) is 30.3 Å². The molecule has 1 atom stereocenters. The Hall–Kier alpha value is -3.17. The van der Waals surface area contributed by atoms with Crippen LogP contribution in [-0.2, 0) is 14.3 Å². The summed E-state index contributed by atoms with van der Waals surface area (Å²) in [6.45, 7) is 5.65. The first-order valence-corrected chi connectivity index (χ1v) is 12.4. The summed E-state index contributed by atoms with van der Waals surface area (Å²) in [4.78, 5) is 46.7. The van der Waals surface area contributed by atoms with Crippen molar-refractivity contribution in [3.05, 3.63) is 42.0 Å². The van der Waals surface area contributed by atoms with Gasteiger partial charge in [-0.05, 0) is 24.3 Å². The van der Waals surface area contributed by atoms with Gasteiger partial charge in [0.25, 0.3) is 5.91 Å². The summed E-state index contributed by atoms with van der Waals surface area (Å²) in [6, 6.07) is 10.3. The van der Waals surface area contributed by atoms with E-state index in [0.717, 1.165) is 24.9 Å². The van der Waals surface area contributed by atoms with Crippen molar-refractivity contribution in [2.75, 3.05) is 65.6 Å². The van der Waals surface area contributed by atoms with Crippen LogP contribution in [0.1, 0.15) is 23.2 Å². The van der Waals surface area contributed by atoms with Crippen molar-refractivity contribution in [2.24, 2.45) is 0 Å². The van der Waals surface area contributed by atoms with E-state index in [1.807, 2.05) is 29.2 Å². The fraction of sp³-hybridized carbons (Fsp3) is 0.500. The summed E-state index contributed by atoms with van der Waals surface area (Å²) in [7, 11) is 0. The zero-order chi connectivity index (χ0) is 24.4. The molecule has 3 aliphatic heterocycles. The normalized spacial score (nSPS) is 21.5. The zero-order valence-corrected chi connectivity index (χ0v) is 19.9. The summed E-state index contributed by atoms with van der Waals surface area (Å²) in [6.07, 6.45) is 1.35. The lowest BCUT2D eigenvalue weighted by Crippen LogP contribution is -2.56. The molecule has 0 aliphatic carbocycles. The molecule has 186 valence electrons. The van der Waals surface area contributed by atoms with Crippen LogP contribution in [0.15, 0.2) is 36.4 Å². The molecule has 5 rings (SSSR count). The predicted octanol–water partition coefficient (Wildman–Crippen LogP) is 1.15. The maximum absolute atomic E-state index is 13.4. The van der Waals surface area contributed by atoms with E-state index in [4.69, 9.17) is 4.74 Å². The van der Waals surface area contributed by atoms with Crippen molar-refractivity contribution in [1.82, 2.24) is 19.6 Å². The molecule has 0 aromatic heterocycles. The van der Waals surface area contributed by atoms with Crippen molar-refractivity contribution in [2.45, 2.75) is 18.9 Å². The van der Waals surface area contributed by atoms with E-state index in [2.05, 4.69) is 4.90 Å². The fourth-order valence-corrected chi connectivity index (χ4v) is 5.29. The SMILES string of the molecule is O=C(CN1CCOCC1)N1CCN(C(=O)[C@@H]2CCCN2C(=O)c2ccc3ccccc3c2O)CC1. The van der Waals surface area contributed by atoms with E-state index >= 15 is 0 Å². The second kappa shape index (κ2) is 10.2. The Bertz CT molecular complexity index is 1110. The fourth-order valence-electron chi connectivity index (χ4n) is 5.29. The number of phenolic OH excluding ortho intramolecular Hbond substituents is 1. The van der Waals surface area contributed by atoms with Crippen LogP contribution in [0, 0.1) is 0 Å². The lowest BCUT2D eigenvalue weighted by Gasteiger charge is -2.38. The first-order chi connectivity index (χ1) is 17.0. The average molecular weight is 481 g/mol. The number of likely N-dealkylation sites (tertiary alicyclic amines) is 1. The van der Waals surface area contributed by atoms with Gasteiger partial charge in [-0.2, -0.15) is 0 Å². The number of rotatable bonds is 4. The van der Waals surface area contributed by atoms with Gasteiger partial charge in [0.15, 0.2) is 0 Å². The number of morpholine rings is 1. The molecule has 2 aromatic rings. The Kier molecular flexibility index (Phi) is 6.88. The number of piperazine rings is 1. The number of amides is 3. The van der Waals surface area contributed by atoms with E-state index in [-0.39, 0.29) is 29.0 Å². The number of hydrogen-bond acceptors (Lipinski definition) is 6. The maximum atomic E-state index is 13.4. The minimum absolute atomic E-state index is 0.0430. The third-order valence-corrected chi connectivity index (χ3v) is 7.34. The van der Waals surface area contributed by atoms with Gasteiger partial charge in [0.1, 0.15) is 11.8 Å².